The Labute approximate surface area is 175 Å². The van der Waals surface area contributed by atoms with Gasteiger partial charge in [0.2, 0.25) is 0 Å². The molecule has 0 saturated carbocycles. The second-order valence-corrected chi connectivity index (χ2v) is 7.35. The highest BCUT2D eigenvalue weighted by Crippen LogP contribution is 2.28. The first-order chi connectivity index (χ1) is 14.5. The van der Waals surface area contributed by atoms with Gasteiger partial charge in [-0.1, -0.05) is 61.5 Å². The number of hydrogen-bond acceptors (Lipinski definition) is 3. The van der Waals surface area contributed by atoms with Crippen molar-refractivity contribution in [1.82, 2.24) is 0 Å². The van der Waals surface area contributed by atoms with Crippen LogP contribution in [0.1, 0.15) is 34.0 Å². The summed E-state index contributed by atoms with van der Waals surface area (Å²) in [5.41, 5.74) is 4.70. The van der Waals surface area contributed by atoms with E-state index in [4.69, 9.17) is 4.42 Å². The molecule has 1 amide bonds. The second kappa shape index (κ2) is 7.99. The summed E-state index contributed by atoms with van der Waals surface area (Å²) in [7, 11) is 0. The molecule has 0 fully saturated rings. The van der Waals surface area contributed by atoms with Gasteiger partial charge < -0.3 is 9.73 Å². The molecule has 0 aliphatic heterocycles. The van der Waals surface area contributed by atoms with Crippen molar-refractivity contribution < 1.29 is 9.21 Å². The number of anilines is 1. The van der Waals surface area contributed by atoms with E-state index in [2.05, 4.69) is 12.2 Å². The maximum absolute atomic E-state index is 13.2. The second-order valence-electron chi connectivity index (χ2n) is 7.35. The molecule has 0 radical (unpaired) electrons. The number of benzene rings is 3. The van der Waals surface area contributed by atoms with Crippen molar-refractivity contribution >= 4 is 22.6 Å². The van der Waals surface area contributed by atoms with E-state index in [1.807, 2.05) is 55.5 Å². The monoisotopic (exact) mass is 397 g/mol. The molecule has 1 N–H and O–H groups in total. The van der Waals surface area contributed by atoms with Gasteiger partial charge in [-0.3, -0.25) is 9.59 Å². The number of carbonyl (C=O) groups is 1. The molecule has 1 aromatic heterocycles. The van der Waals surface area contributed by atoms with Gasteiger partial charge in [0.25, 0.3) is 5.91 Å². The van der Waals surface area contributed by atoms with Crippen LogP contribution in [-0.4, -0.2) is 5.91 Å². The minimum absolute atomic E-state index is 0.130. The van der Waals surface area contributed by atoms with Gasteiger partial charge in [0.15, 0.2) is 11.0 Å². The van der Waals surface area contributed by atoms with E-state index in [0.29, 0.717) is 27.9 Å². The van der Waals surface area contributed by atoms with Gasteiger partial charge in [0.1, 0.15) is 5.76 Å². The summed E-state index contributed by atoms with van der Waals surface area (Å²) >= 11 is 0. The number of hydrogen-bond donors (Lipinski definition) is 1. The molecule has 30 heavy (non-hydrogen) atoms. The molecule has 150 valence electrons. The molecule has 4 nitrogen and oxygen atoms in total. The first kappa shape index (κ1) is 19.6. The Bertz CT molecular complexity index is 1300. The normalized spacial score (nSPS) is 10.9. The van der Waals surface area contributed by atoms with Gasteiger partial charge in [-0.05, 0) is 43.5 Å². The highest BCUT2D eigenvalue weighted by Gasteiger charge is 2.19. The highest BCUT2D eigenvalue weighted by atomic mass is 16.3. The van der Waals surface area contributed by atoms with Crippen LogP contribution in [0.25, 0.3) is 22.3 Å². The molecule has 4 rings (SSSR count). The van der Waals surface area contributed by atoms with E-state index in [1.54, 1.807) is 25.1 Å². The van der Waals surface area contributed by atoms with Gasteiger partial charge >= 0.3 is 0 Å². The Hall–Kier alpha value is -3.66. The van der Waals surface area contributed by atoms with Crippen LogP contribution in [0, 0.1) is 13.8 Å². The van der Waals surface area contributed by atoms with E-state index >= 15 is 0 Å². The van der Waals surface area contributed by atoms with Gasteiger partial charge in [-0.2, -0.15) is 0 Å². The number of rotatable bonds is 4. The fraction of sp³-hybridized carbons (Fsp3) is 0.154. The summed E-state index contributed by atoms with van der Waals surface area (Å²) in [5, 5.41) is 3.43. The molecule has 0 saturated heterocycles. The van der Waals surface area contributed by atoms with Crippen LogP contribution in [-0.2, 0) is 6.42 Å². The van der Waals surface area contributed by atoms with Crippen molar-refractivity contribution in [2.45, 2.75) is 27.2 Å². The molecule has 0 unspecified atom stereocenters. The average Bonchev–Trinajstić information content (AvgIpc) is 2.77. The Morgan fingerprint density at radius 2 is 1.67 bits per heavy atom. The van der Waals surface area contributed by atoms with Gasteiger partial charge in [0, 0.05) is 16.8 Å². The van der Waals surface area contributed by atoms with Gasteiger partial charge in [-0.15, -0.1) is 0 Å². The SMILES string of the molecule is CCc1cccc(C)c1NC(=O)c1cccc2c(=O)c(C)c(-c3ccccc3)oc12. The first-order valence-corrected chi connectivity index (χ1v) is 10.0. The fourth-order valence-corrected chi connectivity index (χ4v) is 3.74. The summed E-state index contributed by atoms with van der Waals surface area (Å²) in [5.74, 6) is 0.189. The van der Waals surface area contributed by atoms with Crippen molar-refractivity contribution in [3.8, 4) is 11.3 Å². The molecule has 0 spiro atoms. The lowest BCUT2D eigenvalue weighted by Gasteiger charge is -2.14. The third kappa shape index (κ3) is 3.41. The van der Waals surface area contributed by atoms with Crippen molar-refractivity contribution in [2.24, 2.45) is 0 Å². The van der Waals surface area contributed by atoms with Crippen LogP contribution in [0.5, 0.6) is 0 Å². The summed E-state index contributed by atoms with van der Waals surface area (Å²) in [6, 6.07) is 20.5. The maximum atomic E-state index is 13.2. The maximum Gasteiger partial charge on any atom is 0.259 e. The lowest BCUT2D eigenvalue weighted by atomic mass is 10.0. The van der Waals surface area contributed by atoms with Crippen LogP contribution in [0.15, 0.2) is 75.9 Å². The zero-order valence-electron chi connectivity index (χ0n) is 17.3. The number of carbonyl (C=O) groups excluding carboxylic acids is 1. The number of amides is 1. The Morgan fingerprint density at radius 1 is 0.933 bits per heavy atom. The van der Waals surface area contributed by atoms with Crippen LogP contribution in [0.3, 0.4) is 0 Å². The Morgan fingerprint density at radius 3 is 2.40 bits per heavy atom. The molecule has 4 heteroatoms. The van der Waals surface area contributed by atoms with E-state index in [9.17, 15) is 9.59 Å². The third-order valence-corrected chi connectivity index (χ3v) is 5.40. The van der Waals surface area contributed by atoms with Crippen LogP contribution < -0.4 is 10.7 Å². The molecule has 4 aromatic rings. The summed E-state index contributed by atoms with van der Waals surface area (Å²) in [6.45, 7) is 5.77. The molecular weight excluding hydrogens is 374 g/mol. The average molecular weight is 397 g/mol. The topological polar surface area (TPSA) is 59.3 Å². The van der Waals surface area contributed by atoms with Gasteiger partial charge in [-0.25, -0.2) is 0 Å². The summed E-state index contributed by atoms with van der Waals surface area (Å²) in [6.07, 6.45) is 0.805. The largest absolute Gasteiger partial charge is 0.455 e. The van der Waals surface area contributed by atoms with Gasteiger partial charge in [0.05, 0.1) is 10.9 Å². The van der Waals surface area contributed by atoms with Crippen molar-refractivity contribution in [3.63, 3.8) is 0 Å². The molecule has 0 bridgehead atoms. The van der Waals surface area contributed by atoms with Crippen LogP contribution in [0.2, 0.25) is 0 Å². The zero-order chi connectivity index (χ0) is 21.3. The first-order valence-electron chi connectivity index (χ1n) is 10.0. The quantitative estimate of drug-likeness (QED) is 0.467. The zero-order valence-corrected chi connectivity index (χ0v) is 17.3. The molecule has 0 atom stereocenters. The molecule has 3 aromatic carbocycles. The third-order valence-electron chi connectivity index (χ3n) is 5.40. The number of fused-ring (bicyclic) bond motifs is 1. The van der Waals surface area contributed by atoms with Crippen molar-refractivity contribution in [3.05, 3.63) is 99.2 Å². The summed E-state index contributed by atoms with van der Waals surface area (Å²) in [4.78, 5) is 26.2. The number of aryl methyl sites for hydroxylation is 2. The predicted molar refractivity (Wildman–Crippen MR) is 121 cm³/mol. The van der Waals surface area contributed by atoms with E-state index in [0.717, 1.165) is 28.8 Å². The molecule has 1 heterocycles. The highest BCUT2D eigenvalue weighted by molar-refractivity contribution is 6.12. The van der Waals surface area contributed by atoms with E-state index in [1.165, 1.54) is 0 Å². The molecule has 0 aliphatic rings. The lowest BCUT2D eigenvalue weighted by Crippen LogP contribution is -2.16. The van der Waals surface area contributed by atoms with E-state index < -0.39 is 0 Å². The standard InChI is InChI=1S/C26H23NO3/c1-4-18-13-8-10-16(2)22(18)27-26(29)21-15-9-14-20-23(28)17(3)24(30-25(20)21)19-11-6-5-7-12-19/h5-15H,4H2,1-3H3,(H,27,29). The van der Waals surface area contributed by atoms with E-state index in [-0.39, 0.29) is 11.3 Å². The molecular formula is C26H23NO3. The lowest BCUT2D eigenvalue weighted by molar-refractivity contribution is 0.102. The minimum Gasteiger partial charge on any atom is -0.455 e. The van der Waals surface area contributed by atoms with Crippen LogP contribution >= 0.6 is 0 Å². The smallest absolute Gasteiger partial charge is 0.259 e. The number of para-hydroxylation sites is 2. The number of nitrogens with one attached hydrogen (secondary N) is 1. The fourth-order valence-electron chi connectivity index (χ4n) is 3.74. The minimum atomic E-state index is -0.296. The van der Waals surface area contributed by atoms with Crippen molar-refractivity contribution in [1.29, 1.82) is 0 Å². The Balaban J connectivity index is 1.87. The van der Waals surface area contributed by atoms with Crippen molar-refractivity contribution in [2.75, 3.05) is 5.32 Å². The predicted octanol–water partition coefficient (Wildman–Crippen LogP) is 5.89. The summed E-state index contributed by atoms with van der Waals surface area (Å²) < 4.78 is 6.18. The molecule has 0 aliphatic carbocycles. The Kier molecular flexibility index (Phi) is 5.23. The van der Waals surface area contributed by atoms with Crippen LogP contribution in [0.4, 0.5) is 5.69 Å².